The number of aromatic nitrogens is 4. The molecule has 4 heterocycles. The van der Waals surface area contributed by atoms with Gasteiger partial charge in [-0.05, 0) is 29.1 Å². The van der Waals surface area contributed by atoms with Crippen molar-refractivity contribution in [3.8, 4) is 0 Å². The molecule has 2 saturated heterocycles. The molecule has 2 aliphatic heterocycles. The zero-order valence-electron chi connectivity index (χ0n) is 28.1. The highest BCUT2D eigenvalue weighted by Crippen LogP contribution is 2.52. The van der Waals surface area contributed by atoms with Crippen LogP contribution < -0.4 is 10.2 Å². The molecule has 0 bridgehead atoms. The number of carbonyl (C=O) groups excluding carboxylic acids is 1. The Labute approximate surface area is 257 Å². The Morgan fingerprint density at radius 3 is 2.12 bits per heavy atom. The third kappa shape index (κ3) is 5.78. The molecule has 0 aliphatic carbocycles. The number of anilines is 2. The Kier molecular flexibility index (Phi) is 9.53. The first-order valence-corrected chi connectivity index (χ1v) is 19.4. The third-order valence-corrected chi connectivity index (χ3v) is 19.1. The number of fused-ring (bicyclic) bond motifs is 2. The van der Waals surface area contributed by atoms with E-state index < -0.39 is 41.2 Å². The van der Waals surface area contributed by atoms with Crippen LogP contribution >= 0.6 is 0 Å². The maximum atomic E-state index is 17.4. The topological polar surface area (TPSA) is 113 Å². The highest BCUT2D eigenvalue weighted by molar-refractivity contribution is 6.84. The fraction of sp³-hybridized carbons (Fsp3) is 0.793. The molecule has 11 nitrogen and oxygen atoms in total. The van der Waals surface area contributed by atoms with Gasteiger partial charge in [0.2, 0.25) is 11.9 Å². The summed E-state index contributed by atoms with van der Waals surface area (Å²) in [6.07, 6.45) is -1.21. The van der Waals surface area contributed by atoms with Gasteiger partial charge in [0.05, 0.1) is 12.9 Å². The van der Waals surface area contributed by atoms with Gasteiger partial charge in [0.15, 0.2) is 28.9 Å². The maximum Gasteiger partial charge on any atom is 0.335 e. The van der Waals surface area contributed by atoms with Crippen molar-refractivity contribution in [3.05, 3.63) is 6.33 Å². The Balaban J connectivity index is 1.84. The van der Waals surface area contributed by atoms with Crippen LogP contribution in [0.1, 0.15) is 82.4 Å². The first kappa shape index (κ1) is 33.9. The van der Waals surface area contributed by atoms with Crippen molar-refractivity contribution in [2.45, 2.75) is 122 Å². The van der Waals surface area contributed by atoms with Crippen molar-refractivity contribution in [2.75, 3.05) is 30.9 Å². The van der Waals surface area contributed by atoms with E-state index in [2.05, 4.69) is 75.7 Å². The quantitative estimate of drug-likeness (QED) is 0.344. The second-order valence-electron chi connectivity index (χ2n) is 13.9. The van der Waals surface area contributed by atoms with E-state index in [0.717, 1.165) is 0 Å². The van der Waals surface area contributed by atoms with Gasteiger partial charge < -0.3 is 22.6 Å². The van der Waals surface area contributed by atoms with Gasteiger partial charge in [-0.25, -0.2) is 9.37 Å². The first-order valence-electron chi connectivity index (χ1n) is 15.5. The summed E-state index contributed by atoms with van der Waals surface area (Å²) in [6.45, 7) is 22.3. The van der Waals surface area contributed by atoms with E-state index in [0.29, 0.717) is 17.0 Å². The average molecular weight is 639 g/mol. The molecule has 2 fully saturated rings. The molecule has 14 heteroatoms. The number of carbonyl (C=O) groups is 1. The van der Waals surface area contributed by atoms with Gasteiger partial charge in [0, 0.05) is 20.0 Å². The fourth-order valence-corrected chi connectivity index (χ4v) is 17.6. The van der Waals surface area contributed by atoms with Crippen LogP contribution in [0, 0.1) is 5.92 Å². The molecule has 0 radical (unpaired) electrons. The molecule has 242 valence electrons. The van der Waals surface area contributed by atoms with Gasteiger partial charge in [-0.2, -0.15) is 9.97 Å². The monoisotopic (exact) mass is 638 g/mol. The number of nitrogens with zero attached hydrogens (tertiary/aromatic N) is 5. The Bertz CT molecular complexity index is 1300. The lowest BCUT2D eigenvalue weighted by Gasteiger charge is -2.51. The predicted octanol–water partition coefficient (Wildman–Crippen LogP) is 6.07. The van der Waals surface area contributed by atoms with Gasteiger partial charge in [-0.3, -0.25) is 14.7 Å². The largest absolute Gasteiger partial charge is 0.414 e. The summed E-state index contributed by atoms with van der Waals surface area (Å²) in [5, 5.41) is 2.77. The number of ether oxygens (including phenoxy) is 1. The molecule has 0 saturated carbocycles. The highest BCUT2D eigenvalue weighted by atomic mass is 28.5. The predicted molar refractivity (Wildman–Crippen MR) is 170 cm³/mol. The van der Waals surface area contributed by atoms with Gasteiger partial charge >= 0.3 is 17.1 Å². The highest BCUT2D eigenvalue weighted by Gasteiger charge is 2.65. The summed E-state index contributed by atoms with van der Waals surface area (Å²) in [5.74, 6) is 0.118. The normalized spacial score (nSPS) is 27.3. The second kappa shape index (κ2) is 12.1. The zero-order chi connectivity index (χ0) is 32.2. The summed E-state index contributed by atoms with van der Waals surface area (Å²) in [7, 11) is -2.24. The number of imidazole rings is 1. The minimum atomic E-state index is -3.07. The molecule has 2 aromatic rings. The molecule has 0 spiro atoms. The van der Waals surface area contributed by atoms with Crippen LogP contribution in [0.5, 0.6) is 0 Å². The Hall–Kier alpha value is -1.98. The molecule has 2 aromatic heterocycles. The lowest BCUT2D eigenvalue weighted by Crippen LogP contribution is -2.66. The molecule has 0 aromatic carbocycles. The maximum absolute atomic E-state index is 17.4. The number of hydrogen-bond donors (Lipinski definition) is 1. The zero-order valence-corrected chi connectivity index (χ0v) is 30.1. The molecular weight excluding hydrogens is 588 g/mol. The molecule has 0 unspecified atom stereocenters. The molecule has 2 aliphatic rings. The number of hydrogen-bond acceptors (Lipinski definition) is 9. The summed E-state index contributed by atoms with van der Waals surface area (Å²) >= 11 is 0. The lowest BCUT2D eigenvalue weighted by molar-refractivity contribution is -0.118. The van der Waals surface area contributed by atoms with Gasteiger partial charge in [-0.15, -0.1) is 0 Å². The summed E-state index contributed by atoms with van der Waals surface area (Å²) in [6, 6.07) is 0. The minimum Gasteiger partial charge on any atom is -0.414 e. The Morgan fingerprint density at radius 1 is 1.02 bits per heavy atom. The van der Waals surface area contributed by atoms with Crippen molar-refractivity contribution in [1.29, 1.82) is 0 Å². The second-order valence-corrected chi connectivity index (χ2v) is 22.8. The molecular formula is C29H51FN6O5Si2. The first-order chi connectivity index (χ1) is 19.9. The molecule has 1 N–H and O–H groups in total. The molecule has 4 atom stereocenters. The van der Waals surface area contributed by atoms with Crippen LogP contribution in [0.3, 0.4) is 0 Å². The van der Waals surface area contributed by atoms with Gasteiger partial charge in [0.1, 0.15) is 12.2 Å². The number of halogens is 1. The number of rotatable bonds is 8. The van der Waals surface area contributed by atoms with Crippen LogP contribution in [-0.2, 0) is 22.5 Å². The lowest BCUT2D eigenvalue weighted by atomic mass is 9.98. The Morgan fingerprint density at radius 2 is 1.60 bits per heavy atom. The standard InChI is InChI=1S/C29H51FN6O5Si2/c1-16(2)26(37)34-28-32-24(35(12)13)22-25(33-28)36(15-31-22)27-29(11,30)23-21(39-27)14-38-42(17(3)4,18(5)6)41-43(40-23,19(7)8)20(9)10/h15-21,23,27H,14H2,1-13H3,(H,32,33,34,37)/t21-,23-,27-,29-/m1/s1. The average Bonchev–Trinajstić information content (AvgIpc) is 3.40. The SMILES string of the molecule is CC(C)C(=O)Nc1nc(N(C)C)c2ncn([C@@H]3O[C@@H]4CO[Si](C(C)C)(C(C)C)O[Si](C(C)C)(C(C)C)O[C@H]4[C@@]3(C)F)c2n1. The van der Waals surface area contributed by atoms with Crippen LogP contribution in [0.15, 0.2) is 6.33 Å². The fourth-order valence-electron chi connectivity index (χ4n) is 6.35. The van der Waals surface area contributed by atoms with Crippen molar-refractivity contribution in [2.24, 2.45) is 5.92 Å². The third-order valence-electron chi connectivity index (χ3n) is 8.84. The smallest absolute Gasteiger partial charge is 0.335 e. The van der Waals surface area contributed by atoms with Gasteiger partial charge in [-0.1, -0.05) is 69.2 Å². The summed E-state index contributed by atoms with van der Waals surface area (Å²) in [4.78, 5) is 28.0. The van der Waals surface area contributed by atoms with Gasteiger partial charge in [0.25, 0.3) is 0 Å². The van der Waals surface area contributed by atoms with Crippen molar-refractivity contribution in [3.63, 3.8) is 0 Å². The van der Waals surface area contributed by atoms with Crippen molar-refractivity contribution >= 4 is 46.0 Å². The van der Waals surface area contributed by atoms with Crippen LogP contribution in [0.25, 0.3) is 11.2 Å². The van der Waals surface area contributed by atoms with E-state index in [-0.39, 0.29) is 46.5 Å². The van der Waals surface area contributed by atoms with E-state index in [1.165, 1.54) is 13.3 Å². The van der Waals surface area contributed by atoms with Crippen LogP contribution in [-0.4, -0.2) is 81.1 Å². The molecule has 43 heavy (non-hydrogen) atoms. The van der Waals surface area contributed by atoms with E-state index in [1.807, 2.05) is 14.1 Å². The van der Waals surface area contributed by atoms with E-state index in [1.54, 1.807) is 23.3 Å². The number of alkyl halides is 1. The molecule has 1 amide bonds. The summed E-state index contributed by atoms with van der Waals surface area (Å²) < 4.78 is 46.6. The molecule has 4 rings (SSSR count). The van der Waals surface area contributed by atoms with Crippen molar-refractivity contribution in [1.82, 2.24) is 19.5 Å². The minimum absolute atomic E-state index is 0.0469. The van der Waals surface area contributed by atoms with E-state index in [4.69, 9.17) is 17.7 Å². The van der Waals surface area contributed by atoms with Crippen LogP contribution in [0.4, 0.5) is 16.2 Å². The van der Waals surface area contributed by atoms with E-state index >= 15 is 4.39 Å². The summed E-state index contributed by atoms with van der Waals surface area (Å²) in [5.41, 5.74) is -0.766. The van der Waals surface area contributed by atoms with E-state index in [9.17, 15) is 4.79 Å². The van der Waals surface area contributed by atoms with Crippen LogP contribution in [0.2, 0.25) is 22.2 Å². The number of amides is 1. The van der Waals surface area contributed by atoms with Crippen molar-refractivity contribution < 1.29 is 26.9 Å². The number of nitrogens with one attached hydrogen (secondary N) is 1.